The summed E-state index contributed by atoms with van der Waals surface area (Å²) in [7, 11) is -8.79. The summed E-state index contributed by atoms with van der Waals surface area (Å²) in [4.78, 5) is -8.08. The lowest BCUT2D eigenvalue weighted by Crippen LogP contribution is -2.28. The molecule has 0 unspecified atom stereocenters. The van der Waals surface area contributed by atoms with Gasteiger partial charge in [0.25, 0.3) is 0 Å². The van der Waals surface area contributed by atoms with E-state index in [9.17, 15) is 56.7 Å². The van der Waals surface area contributed by atoms with Gasteiger partial charge in [-0.25, -0.2) is 34.8 Å². The van der Waals surface area contributed by atoms with Crippen LogP contribution in [0.25, 0.3) is 0 Å². The minimum Gasteiger partial charge on any atom is -0.218 e. The predicted molar refractivity (Wildman–Crippen MR) is 91.6 cm³/mol. The number of alkyl halides is 3. The topological polar surface area (TPSA) is 34.1 Å². The summed E-state index contributed by atoms with van der Waals surface area (Å²) in [6.07, 6.45) is -4.92. The molecule has 0 saturated carbocycles. The molecule has 4 rings (SSSR count). The molecule has 0 N–H and O–H groups in total. The molecule has 0 aromatic heterocycles. The van der Waals surface area contributed by atoms with E-state index in [4.69, 9.17) is 0 Å². The highest BCUT2D eigenvalue weighted by Crippen LogP contribution is 2.50. The Morgan fingerprint density at radius 3 is 1.26 bits per heavy atom. The van der Waals surface area contributed by atoms with Crippen molar-refractivity contribution in [2.24, 2.45) is 0 Å². The smallest absolute Gasteiger partial charge is 0.218 e. The van der Waals surface area contributed by atoms with Gasteiger partial charge in [-0.2, -0.15) is 22.0 Å². The molecular formula is C19H4F11O2S2+. The number of hydrogen-bond donors (Lipinski definition) is 0. The molecule has 0 aliphatic carbocycles. The fraction of sp³-hybridized carbons (Fsp3) is 0.0526. The highest BCUT2D eigenvalue weighted by molar-refractivity contribution is 8.00. The Balaban J connectivity index is 2.22. The molecule has 2 nitrogen and oxygen atoms in total. The molecule has 0 fully saturated rings. The highest BCUT2D eigenvalue weighted by atomic mass is 32.2. The molecule has 1 aliphatic rings. The summed E-state index contributed by atoms with van der Waals surface area (Å²) in [5.41, 5.74) is -1.32. The second-order valence-electron chi connectivity index (χ2n) is 6.66. The van der Waals surface area contributed by atoms with Crippen LogP contribution in [0.4, 0.5) is 48.3 Å². The molecule has 0 spiro atoms. The largest absolute Gasteiger partial charge is 0.416 e. The minimum absolute atomic E-state index is 0.326. The van der Waals surface area contributed by atoms with Crippen molar-refractivity contribution in [3.63, 3.8) is 0 Å². The maximum absolute atomic E-state index is 14.8. The van der Waals surface area contributed by atoms with Crippen molar-refractivity contribution in [1.82, 2.24) is 0 Å². The van der Waals surface area contributed by atoms with Gasteiger partial charge in [0.05, 0.1) is 5.56 Å². The molecule has 1 aliphatic heterocycles. The third kappa shape index (κ3) is 3.20. The van der Waals surface area contributed by atoms with E-state index in [-0.39, 0.29) is 0 Å². The Bertz CT molecular complexity index is 1400. The van der Waals surface area contributed by atoms with Gasteiger partial charge in [0.1, 0.15) is 10.9 Å². The van der Waals surface area contributed by atoms with Crippen molar-refractivity contribution >= 4 is 20.7 Å². The lowest BCUT2D eigenvalue weighted by atomic mass is 10.2. The summed E-state index contributed by atoms with van der Waals surface area (Å²) in [6.45, 7) is 0. The molecule has 0 bridgehead atoms. The van der Waals surface area contributed by atoms with Gasteiger partial charge in [0.2, 0.25) is 42.9 Å². The summed E-state index contributed by atoms with van der Waals surface area (Å²) < 4.78 is 179. The molecule has 0 amide bonds. The standard InChI is InChI=1S/C19H4F11O2S2/c20-7-9(22)13(26)17-15(11(7)24)33(6-3-1-5(2-4-6)19(28,29)30)16-12(25)8(21)10(23)14(27)18(16)34(17,31)32/h1-4H/q+1. The Kier molecular flexibility index (Phi) is 5.43. The van der Waals surface area contributed by atoms with E-state index in [1.165, 1.54) is 0 Å². The van der Waals surface area contributed by atoms with Gasteiger partial charge >= 0.3 is 6.18 Å². The van der Waals surface area contributed by atoms with E-state index in [0.29, 0.717) is 24.3 Å². The van der Waals surface area contributed by atoms with Gasteiger partial charge in [-0.15, -0.1) is 0 Å². The van der Waals surface area contributed by atoms with Crippen molar-refractivity contribution in [2.75, 3.05) is 0 Å². The van der Waals surface area contributed by atoms with E-state index in [0.717, 1.165) is 0 Å². The first-order valence-corrected chi connectivity index (χ1v) is 11.2. The van der Waals surface area contributed by atoms with Gasteiger partial charge in [0, 0.05) is 0 Å². The van der Waals surface area contributed by atoms with Crippen LogP contribution in [0.5, 0.6) is 0 Å². The first-order chi connectivity index (χ1) is 15.6. The van der Waals surface area contributed by atoms with Gasteiger partial charge in [-0.1, -0.05) is 0 Å². The molecular weight excluding hydrogens is 533 g/mol. The molecule has 0 saturated heterocycles. The van der Waals surface area contributed by atoms with E-state index < -0.39 is 103 Å². The maximum atomic E-state index is 14.8. The summed E-state index contributed by atoms with van der Waals surface area (Å²) in [5, 5.41) is 0. The second-order valence-corrected chi connectivity index (χ2v) is 10.4. The zero-order valence-electron chi connectivity index (χ0n) is 15.6. The maximum Gasteiger partial charge on any atom is 0.416 e. The van der Waals surface area contributed by atoms with Crippen molar-refractivity contribution in [3.8, 4) is 0 Å². The molecule has 3 aromatic rings. The average Bonchev–Trinajstić information content (AvgIpc) is 2.76. The third-order valence-electron chi connectivity index (χ3n) is 4.73. The van der Waals surface area contributed by atoms with Crippen LogP contribution in [0.2, 0.25) is 0 Å². The fourth-order valence-electron chi connectivity index (χ4n) is 3.25. The van der Waals surface area contributed by atoms with Gasteiger partial charge in [-0.3, -0.25) is 0 Å². The van der Waals surface area contributed by atoms with Gasteiger partial charge < -0.3 is 0 Å². The molecule has 1 heterocycles. The number of halogens is 11. The van der Waals surface area contributed by atoms with Crippen LogP contribution in [0, 0.1) is 46.5 Å². The van der Waals surface area contributed by atoms with Crippen LogP contribution in [0.15, 0.2) is 48.7 Å². The number of rotatable bonds is 1. The molecule has 15 heteroatoms. The first-order valence-electron chi connectivity index (χ1n) is 8.50. The zero-order valence-corrected chi connectivity index (χ0v) is 17.2. The van der Waals surface area contributed by atoms with Crippen LogP contribution in [0.3, 0.4) is 0 Å². The Morgan fingerprint density at radius 1 is 0.559 bits per heavy atom. The lowest BCUT2D eigenvalue weighted by Gasteiger charge is -2.22. The van der Waals surface area contributed by atoms with Crippen LogP contribution in [0.1, 0.15) is 5.56 Å². The number of fused-ring (bicyclic) bond motifs is 2. The molecule has 0 radical (unpaired) electrons. The second kappa shape index (κ2) is 7.60. The van der Waals surface area contributed by atoms with Gasteiger partial charge in [-0.05, 0) is 24.3 Å². The Morgan fingerprint density at radius 2 is 0.912 bits per heavy atom. The molecule has 34 heavy (non-hydrogen) atoms. The SMILES string of the molecule is O=S1(=O)c2c(F)c(F)c(F)c(F)c2[S+](c2ccc(C(F)(F)F)cc2)c2c(F)c(F)c(F)c(F)c21. The van der Waals surface area contributed by atoms with E-state index >= 15 is 0 Å². The van der Waals surface area contributed by atoms with Gasteiger partial charge in [0.15, 0.2) is 38.0 Å². The lowest BCUT2D eigenvalue weighted by molar-refractivity contribution is -0.137. The molecule has 3 aromatic carbocycles. The van der Waals surface area contributed by atoms with Crippen LogP contribution in [-0.2, 0) is 26.9 Å². The molecule has 0 atom stereocenters. The van der Waals surface area contributed by atoms with E-state index in [1.54, 1.807) is 0 Å². The zero-order chi connectivity index (χ0) is 25.5. The average molecular weight is 537 g/mol. The summed E-state index contributed by atoms with van der Waals surface area (Å²) in [6, 6.07) is 1.64. The van der Waals surface area contributed by atoms with Crippen molar-refractivity contribution in [1.29, 1.82) is 0 Å². The van der Waals surface area contributed by atoms with Crippen LogP contribution >= 0.6 is 0 Å². The summed E-state index contributed by atoms with van der Waals surface area (Å²) >= 11 is 0. The van der Waals surface area contributed by atoms with E-state index in [1.807, 2.05) is 0 Å². The van der Waals surface area contributed by atoms with E-state index in [2.05, 4.69) is 0 Å². The van der Waals surface area contributed by atoms with Crippen molar-refractivity contribution in [3.05, 3.63) is 76.4 Å². The quantitative estimate of drug-likeness (QED) is 0.0973. The monoisotopic (exact) mass is 537 g/mol. The number of hydrogen-bond acceptors (Lipinski definition) is 2. The van der Waals surface area contributed by atoms with Crippen molar-refractivity contribution in [2.45, 2.75) is 30.7 Å². The Labute approximate surface area is 184 Å². The van der Waals surface area contributed by atoms with Crippen LogP contribution < -0.4 is 0 Å². The predicted octanol–water partition coefficient (Wildman–Crippen LogP) is 6.06. The molecule has 180 valence electrons. The third-order valence-corrected chi connectivity index (χ3v) is 9.16. The number of benzene rings is 3. The number of sulfone groups is 1. The minimum atomic E-state index is -5.87. The highest BCUT2D eigenvalue weighted by Gasteiger charge is 2.56. The fourth-order valence-corrected chi connectivity index (χ4v) is 8.10. The van der Waals surface area contributed by atoms with Crippen molar-refractivity contribution < 1.29 is 56.7 Å². The summed E-state index contributed by atoms with van der Waals surface area (Å²) in [5.74, 6) is -20.5. The Hall–Kier alpha value is -2.81. The normalized spacial score (nSPS) is 15.3. The van der Waals surface area contributed by atoms with Crippen LogP contribution in [-0.4, -0.2) is 8.42 Å². The first kappa shape index (κ1) is 24.3.